The van der Waals surface area contributed by atoms with E-state index in [1.165, 1.54) is 23.6 Å². The van der Waals surface area contributed by atoms with Crippen molar-refractivity contribution in [2.75, 3.05) is 6.26 Å². The molecule has 1 saturated carbocycles. The number of rotatable bonds is 9. The molecule has 7 nitrogen and oxygen atoms in total. The Labute approximate surface area is 288 Å². The molecule has 0 amide bonds. The van der Waals surface area contributed by atoms with E-state index >= 15 is 0 Å². The Morgan fingerprint density at radius 1 is 1.02 bits per heavy atom. The number of hydrogen-bond donors (Lipinski definition) is 1. The van der Waals surface area contributed by atoms with Crippen LogP contribution >= 0.6 is 11.6 Å². The molecule has 49 heavy (non-hydrogen) atoms. The SMILES string of the molecule is Cc1c(-n2c(C(Cc3cc(F)cc(F)c3)C(C)C)nc3nc(C4CCC(F)(F)CC4)cc(C)c3c2=O)ccc(Cl)c1C(N)C(C)S(C)(=O)=O. The second kappa shape index (κ2) is 13.8. The number of nitrogens with two attached hydrogens (primary N) is 1. The van der Waals surface area contributed by atoms with Gasteiger partial charge in [-0.25, -0.2) is 35.9 Å². The van der Waals surface area contributed by atoms with Gasteiger partial charge in [0, 0.05) is 53.8 Å². The van der Waals surface area contributed by atoms with Gasteiger partial charge in [0.25, 0.3) is 5.56 Å². The number of aryl methyl sites for hydroxylation is 1. The van der Waals surface area contributed by atoms with Crippen LogP contribution in [0.3, 0.4) is 0 Å². The highest BCUT2D eigenvalue weighted by atomic mass is 35.5. The summed E-state index contributed by atoms with van der Waals surface area (Å²) in [5, 5.41) is -0.554. The van der Waals surface area contributed by atoms with Crippen molar-refractivity contribution < 1.29 is 26.0 Å². The van der Waals surface area contributed by atoms with Crippen LogP contribution in [0.5, 0.6) is 0 Å². The van der Waals surface area contributed by atoms with Gasteiger partial charge < -0.3 is 5.73 Å². The molecule has 0 aliphatic heterocycles. The van der Waals surface area contributed by atoms with E-state index in [0.717, 1.165) is 12.3 Å². The van der Waals surface area contributed by atoms with E-state index in [9.17, 15) is 30.8 Å². The number of aromatic nitrogens is 3. The molecular weight excluding hydrogens is 680 g/mol. The standard InChI is InChI=1S/C36H41ClF4N4O3S/c1-18(2)26(16-22-14-24(38)17-25(39)15-22)34-44-33-30(19(3)13-28(43-33)23-9-11-36(40,41)12-10-23)35(46)45(34)29-8-7-27(37)31(20(29)4)32(42)21(5)49(6,47)48/h7-8,13-15,17-18,21,23,26,32H,9-12,16,42H2,1-6H3. The number of nitrogens with zero attached hydrogens (tertiary/aromatic N) is 3. The van der Waals surface area contributed by atoms with Crippen molar-refractivity contribution in [3.05, 3.63) is 97.2 Å². The first-order valence-corrected chi connectivity index (χ1v) is 18.6. The lowest BCUT2D eigenvalue weighted by atomic mass is 9.84. The first-order chi connectivity index (χ1) is 22.8. The summed E-state index contributed by atoms with van der Waals surface area (Å²) >= 11 is 6.63. The van der Waals surface area contributed by atoms with Crippen LogP contribution in [0.1, 0.15) is 98.1 Å². The van der Waals surface area contributed by atoms with Crippen LogP contribution in [-0.4, -0.2) is 40.4 Å². The molecule has 5 rings (SSSR count). The highest BCUT2D eigenvalue weighted by molar-refractivity contribution is 7.91. The van der Waals surface area contributed by atoms with Gasteiger partial charge in [-0.3, -0.25) is 9.36 Å². The molecule has 0 radical (unpaired) electrons. The third-order valence-corrected chi connectivity index (χ3v) is 11.9. The molecule has 2 N–H and O–H groups in total. The maximum absolute atomic E-state index is 14.7. The number of hydrogen-bond acceptors (Lipinski definition) is 6. The molecule has 1 fully saturated rings. The van der Waals surface area contributed by atoms with Crippen LogP contribution in [-0.2, 0) is 16.3 Å². The van der Waals surface area contributed by atoms with E-state index < -0.39 is 50.2 Å². The Kier molecular flexibility index (Phi) is 10.4. The topological polar surface area (TPSA) is 108 Å². The highest BCUT2D eigenvalue weighted by Gasteiger charge is 2.36. The third-order valence-electron chi connectivity index (χ3n) is 9.92. The number of alkyl halides is 2. The summed E-state index contributed by atoms with van der Waals surface area (Å²) in [7, 11) is -3.57. The smallest absolute Gasteiger partial charge is 0.267 e. The third kappa shape index (κ3) is 7.56. The van der Waals surface area contributed by atoms with Gasteiger partial charge in [0.1, 0.15) is 17.5 Å². The van der Waals surface area contributed by atoms with Crippen molar-refractivity contribution in [1.82, 2.24) is 14.5 Å². The van der Waals surface area contributed by atoms with Gasteiger partial charge in [0.05, 0.1) is 16.3 Å². The van der Waals surface area contributed by atoms with Gasteiger partial charge in [-0.05, 0) is 98.5 Å². The minimum Gasteiger partial charge on any atom is -0.323 e. The van der Waals surface area contributed by atoms with E-state index in [1.54, 1.807) is 32.0 Å². The van der Waals surface area contributed by atoms with Crippen molar-refractivity contribution in [2.45, 2.75) is 95.8 Å². The predicted molar refractivity (Wildman–Crippen MR) is 185 cm³/mol. The highest BCUT2D eigenvalue weighted by Crippen LogP contribution is 2.41. The molecule has 0 saturated heterocycles. The van der Waals surface area contributed by atoms with Crippen LogP contribution in [0, 0.1) is 31.4 Å². The fourth-order valence-corrected chi connectivity index (χ4v) is 7.87. The molecule has 3 unspecified atom stereocenters. The molecule has 0 bridgehead atoms. The summed E-state index contributed by atoms with van der Waals surface area (Å²) in [5.41, 5.74) is 8.87. The maximum Gasteiger partial charge on any atom is 0.267 e. The number of sulfone groups is 1. The molecular formula is C36H41ClF4N4O3S. The molecule has 2 aromatic heterocycles. The first kappa shape index (κ1) is 36.9. The second-order valence-electron chi connectivity index (χ2n) is 13.8. The van der Waals surface area contributed by atoms with Crippen molar-refractivity contribution in [3.8, 4) is 5.69 Å². The number of fused-ring (bicyclic) bond motifs is 1. The maximum atomic E-state index is 14.7. The van der Waals surface area contributed by atoms with Crippen LogP contribution < -0.4 is 11.3 Å². The zero-order valence-corrected chi connectivity index (χ0v) is 29.9. The van der Waals surface area contributed by atoms with Crippen molar-refractivity contribution >= 4 is 32.5 Å². The lowest BCUT2D eigenvalue weighted by Crippen LogP contribution is -2.33. The van der Waals surface area contributed by atoms with E-state index in [4.69, 9.17) is 27.3 Å². The lowest BCUT2D eigenvalue weighted by Gasteiger charge is -2.29. The molecule has 264 valence electrons. The fourth-order valence-electron chi connectivity index (χ4n) is 6.87. The van der Waals surface area contributed by atoms with E-state index in [-0.39, 0.29) is 65.8 Å². The van der Waals surface area contributed by atoms with Gasteiger partial charge in [-0.2, -0.15) is 0 Å². The van der Waals surface area contributed by atoms with Crippen molar-refractivity contribution in [2.24, 2.45) is 11.7 Å². The average molecular weight is 721 g/mol. The Morgan fingerprint density at radius 3 is 2.20 bits per heavy atom. The molecule has 0 spiro atoms. The molecule has 4 aromatic rings. The zero-order valence-electron chi connectivity index (χ0n) is 28.3. The molecule has 2 heterocycles. The quantitative estimate of drug-likeness (QED) is 0.176. The first-order valence-electron chi connectivity index (χ1n) is 16.3. The number of benzene rings is 2. The Balaban J connectivity index is 1.79. The zero-order chi connectivity index (χ0) is 36.2. The monoisotopic (exact) mass is 720 g/mol. The van der Waals surface area contributed by atoms with Crippen molar-refractivity contribution in [1.29, 1.82) is 0 Å². The van der Waals surface area contributed by atoms with Crippen LogP contribution in [0.25, 0.3) is 16.7 Å². The van der Waals surface area contributed by atoms with Gasteiger partial charge in [-0.15, -0.1) is 0 Å². The summed E-state index contributed by atoms with van der Waals surface area (Å²) in [6, 6.07) is 7.16. The minimum absolute atomic E-state index is 0.116. The van der Waals surface area contributed by atoms with Gasteiger partial charge >= 0.3 is 0 Å². The molecule has 1 aliphatic carbocycles. The molecule has 1 aliphatic rings. The van der Waals surface area contributed by atoms with Gasteiger partial charge in [0.15, 0.2) is 15.5 Å². The number of halogens is 5. The van der Waals surface area contributed by atoms with Crippen LogP contribution in [0.4, 0.5) is 17.6 Å². The summed E-state index contributed by atoms with van der Waals surface area (Å²) < 4.78 is 83.1. The Bertz CT molecular complexity index is 2060. The van der Waals surface area contributed by atoms with E-state index in [2.05, 4.69) is 0 Å². The van der Waals surface area contributed by atoms with Crippen molar-refractivity contribution in [3.63, 3.8) is 0 Å². The molecule has 13 heteroatoms. The largest absolute Gasteiger partial charge is 0.323 e. The summed E-state index contributed by atoms with van der Waals surface area (Å²) in [6.45, 7) is 8.75. The second-order valence-corrected chi connectivity index (χ2v) is 16.6. The Morgan fingerprint density at radius 2 is 1.63 bits per heavy atom. The van der Waals surface area contributed by atoms with Gasteiger partial charge in [-0.1, -0.05) is 25.4 Å². The van der Waals surface area contributed by atoms with E-state index in [0.29, 0.717) is 33.6 Å². The van der Waals surface area contributed by atoms with Crippen LogP contribution in [0.2, 0.25) is 5.02 Å². The normalized spacial score (nSPS) is 17.4. The van der Waals surface area contributed by atoms with Gasteiger partial charge in [0.2, 0.25) is 5.92 Å². The Hall–Kier alpha value is -3.35. The average Bonchev–Trinajstić information content (AvgIpc) is 2.98. The molecule has 3 atom stereocenters. The summed E-state index contributed by atoms with van der Waals surface area (Å²) in [4.78, 5) is 24.5. The predicted octanol–water partition coefficient (Wildman–Crippen LogP) is 8.04. The summed E-state index contributed by atoms with van der Waals surface area (Å²) in [5.74, 6) is -4.95. The molecule has 2 aromatic carbocycles. The lowest BCUT2D eigenvalue weighted by molar-refractivity contribution is -0.0384. The number of pyridine rings is 1. The van der Waals surface area contributed by atoms with Crippen LogP contribution in [0.15, 0.2) is 41.2 Å². The summed E-state index contributed by atoms with van der Waals surface area (Å²) in [6.07, 6.45) is 1.18. The van der Waals surface area contributed by atoms with E-state index in [1.807, 2.05) is 13.8 Å². The minimum atomic E-state index is -3.57. The fraction of sp³-hybridized carbons (Fsp3) is 0.472.